The quantitative estimate of drug-likeness (QED) is 0.774. The van der Waals surface area contributed by atoms with Crippen molar-refractivity contribution in [2.24, 2.45) is 0 Å². The van der Waals surface area contributed by atoms with Gasteiger partial charge in [0.15, 0.2) is 6.61 Å². The number of hydrogen-bond acceptors (Lipinski definition) is 3. The number of anilines is 1. The molecule has 23 heavy (non-hydrogen) atoms. The van der Waals surface area contributed by atoms with Crippen LogP contribution in [-0.4, -0.2) is 32.7 Å². The second-order valence-electron chi connectivity index (χ2n) is 4.97. The van der Waals surface area contributed by atoms with Crippen molar-refractivity contribution in [1.82, 2.24) is 5.32 Å². The van der Waals surface area contributed by atoms with Crippen LogP contribution in [0.5, 0.6) is 5.75 Å². The summed E-state index contributed by atoms with van der Waals surface area (Å²) in [4.78, 5) is 13.9. The largest absolute Gasteiger partial charge is 0.483 e. The molecule has 2 aromatic carbocycles. The average Bonchev–Trinajstić information content (AvgIpc) is 2.54. The maximum absolute atomic E-state index is 11.8. The highest BCUT2D eigenvalue weighted by molar-refractivity contribution is 9.10. The molecule has 4 nitrogen and oxygen atoms in total. The van der Waals surface area contributed by atoms with E-state index in [9.17, 15) is 4.79 Å². The number of nitrogens with one attached hydrogen (secondary N) is 1. The Morgan fingerprint density at radius 1 is 1.26 bits per heavy atom. The maximum atomic E-state index is 11.8. The highest BCUT2D eigenvalue weighted by atomic mass is 79.9. The van der Waals surface area contributed by atoms with Crippen molar-refractivity contribution >= 4 is 39.1 Å². The molecule has 0 spiro atoms. The van der Waals surface area contributed by atoms with Gasteiger partial charge in [-0.1, -0.05) is 29.8 Å². The second kappa shape index (κ2) is 8.79. The lowest BCUT2D eigenvalue weighted by molar-refractivity contribution is -0.123. The first-order valence-electron chi connectivity index (χ1n) is 7.17. The minimum absolute atomic E-state index is 0.0325. The number of carbonyl (C=O) groups excluding carboxylic acids is 1. The summed E-state index contributed by atoms with van der Waals surface area (Å²) in [7, 11) is 1.99. The number of nitrogens with zero attached hydrogens (tertiary/aromatic N) is 1. The molecule has 0 saturated heterocycles. The van der Waals surface area contributed by atoms with Gasteiger partial charge in [0, 0.05) is 30.8 Å². The molecule has 0 heterocycles. The fourth-order valence-corrected chi connectivity index (χ4v) is 2.76. The van der Waals surface area contributed by atoms with E-state index in [4.69, 9.17) is 16.3 Å². The Labute approximate surface area is 149 Å². The van der Waals surface area contributed by atoms with Gasteiger partial charge in [0.2, 0.25) is 0 Å². The number of hydrogen-bond donors (Lipinski definition) is 1. The SMILES string of the molecule is CN(CCNC(=O)COc1ccc(Cl)cc1Br)c1ccccc1. The normalized spacial score (nSPS) is 10.2. The number of para-hydroxylation sites is 1. The van der Waals surface area contributed by atoms with Crippen LogP contribution in [0, 0.1) is 0 Å². The Bertz CT molecular complexity index is 652. The molecule has 0 radical (unpaired) electrons. The van der Waals surface area contributed by atoms with E-state index in [0.717, 1.165) is 16.7 Å². The molecular weight excluding hydrogens is 380 g/mol. The van der Waals surface area contributed by atoms with E-state index in [1.54, 1.807) is 18.2 Å². The minimum atomic E-state index is -0.159. The minimum Gasteiger partial charge on any atom is -0.483 e. The van der Waals surface area contributed by atoms with Crippen molar-refractivity contribution in [1.29, 1.82) is 0 Å². The van der Waals surface area contributed by atoms with Crippen molar-refractivity contribution in [2.45, 2.75) is 0 Å². The van der Waals surface area contributed by atoms with Gasteiger partial charge in [0.1, 0.15) is 5.75 Å². The van der Waals surface area contributed by atoms with Crippen LogP contribution in [0.1, 0.15) is 0 Å². The molecule has 0 aliphatic carbocycles. The molecule has 1 amide bonds. The van der Waals surface area contributed by atoms with Crippen LogP contribution < -0.4 is 15.0 Å². The number of benzene rings is 2. The first-order valence-corrected chi connectivity index (χ1v) is 8.34. The van der Waals surface area contributed by atoms with Gasteiger partial charge in [-0.2, -0.15) is 0 Å². The zero-order chi connectivity index (χ0) is 16.7. The highest BCUT2D eigenvalue weighted by Crippen LogP contribution is 2.27. The van der Waals surface area contributed by atoms with Gasteiger partial charge < -0.3 is 15.0 Å². The first kappa shape index (κ1) is 17.6. The summed E-state index contributed by atoms with van der Waals surface area (Å²) < 4.78 is 6.19. The van der Waals surface area contributed by atoms with Crippen molar-refractivity contribution < 1.29 is 9.53 Å². The zero-order valence-electron chi connectivity index (χ0n) is 12.8. The van der Waals surface area contributed by atoms with Gasteiger partial charge in [0.05, 0.1) is 4.47 Å². The van der Waals surface area contributed by atoms with Gasteiger partial charge in [-0.15, -0.1) is 0 Å². The molecule has 0 aliphatic rings. The number of carbonyl (C=O) groups is 1. The number of halogens is 2. The van der Waals surface area contributed by atoms with Gasteiger partial charge in [-0.05, 0) is 46.3 Å². The lowest BCUT2D eigenvalue weighted by Crippen LogP contribution is -2.35. The fourth-order valence-electron chi connectivity index (χ4n) is 1.96. The van der Waals surface area contributed by atoms with Crippen LogP contribution in [0.15, 0.2) is 53.0 Å². The molecule has 0 aliphatic heterocycles. The third-order valence-electron chi connectivity index (χ3n) is 3.22. The summed E-state index contributed by atoms with van der Waals surface area (Å²) in [5, 5.41) is 3.45. The number of amides is 1. The second-order valence-corrected chi connectivity index (χ2v) is 6.26. The molecule has 0 aromatic heterocycles. The maximum Gasteiger partial charge on any atom is 0.258 e. The van der Waals surface area contributed by atoms with E-state index in [2.05, 4.69) is 26.1 Å². The Morgan fingerprint density at radius 3 is 2.70 bits per heavy atom. The number of ether oxygens (including phenoxy) is 1. The molecule has 2 rings (SSSR count). The molecule has 0 bridgehead atoms. The van der Waals surface area contributed by atoms with Crippen LogP contribution in [0.2, 0.25) is 5.02 Å². The van der Waals surface area contributed by atoms with E-state index in [1.165, 1.54) is 0 Å². The number of rotatable bonds is 7. The van der Waals surface area contributed by atoms with Gasteiger partial charge in [0.25, 0.3) is 5.91 Å². The molecule has 2 aromatic rings. The van der Waals surface area contributed by atoms with Crippen molar-refractivity contribution in [3.8, 4) is 5.75 Å². The number of likely N-dealkylation sites (N-methyl/N-ethyl adjacent to an activating group) is 1. The van der Waals surface area contributed by atoms with E-state index in [1.807, 2.05) is 37.4 Å². The monoisotopic (exact) mass is 396 g/mol. The topological polar surface area (TPSA) is 41.6 Å². The van der Waals surface area contributed by atoms with Crippen molar-refractivity contribution in [3.63, 3.8) is 0 Å². The first-order chi connectivity index (χ1) is 11.1. The molecule has 6 heteroatoms. The third-order valence-corrected chi connectivity index (χ3v) is 4.07. The molecule has 1 N–H and O–H groups in total. The zero-order valence-corrected chi connectivity index (χ0v) is 15.1. The van der Waals surface area contributed by atoms with Crippen LogP contribution in [0.4, 0.5) is 5.69 Å². The van der Waals surface area contributed by atoms with Crippen LogP contribution in [0.25, 0.3) is 0 Å². The van der Waals surface area contributed by atoms with Gasteiger partial charge in [-0.3, -0.25) is 4.79 Å². The van der Waals surface area contributed by atoms with Gasteiger partial charge in [-0.25, -0.2) is 0 Å². The summed E-state index contributed by atoms with van der Waals surface area (Å²) in [5.74, 6) is 0.430. The Hall–Kier alpha value is -1.72. The highest BCUT2D eigenvalue weighted by Gasteiger charge is 2.06. The van der Waals surface area contributed by atoms with Crippen LogP contribution in [0.3, 0.4) is 0 Å². The Morgan fingerprint density at radius 2 is 2.00 bits per heavy atom. The van der Waals surface area contributed by atoms with Crippen molar-refractivity contribution in [3.05, 3.63) is 58.0 Å². The van der Waals surface area contributed by atoms with E-state index in [-0.39, 0.29) is 12.5 Å². The predicted molar refractivity (Wildman–Crippen MR) is 97.4 cm³/mol. The lowest BCUT2D eigenvalue weighted by atomic mass is 10.3. The Balaban J connectivity index is 1.71. The van der Waals surface area contributed by atoms with Crippen LogP contribution >= 0.6 is 27.5 Å². The smallest absolute Gasteiger partial charge is 0.258 e. The fraction of sp³-hybridized carbons (Fsp3) is 0.235. The third kappa shape index (κ3) is 5.77. The Kier molecular flexibility index (Phi) is 6.74. The van der Waals surface area contributed by atoms with Crippen molar-refractivity contribution in [2.75, 3.05) is 31.6 Å². The van der Waals surface area contributed by atoms with E-state index in [0.29, 0.717) is 17.3 Å². The summed E-state index contributed by atoms with van der Waals surface area (Å²) >= 11 is 9.21. The summed E-state index contributed by atoms with van der Waals surface area (Å²) in [5.41, 5.74) is 1.11. The predicted octanol–water partition coefficient (Wildman–Crippen LogP) is 3.73. The summed E-state index contributed by atoms with van der Waals surface area (Å²) in [6.45, 7) is 1.24. The molecular formula is C17H18BrClN2O2. The summed E-state index contributed by atoms with van der Waals surface area (Å²) in [6, 6.07) is 15.2. The molecule has 0 saturated carbocycles. The van der Waals surface area contributed by atoms with Gasteiger partial charge >= 0.3 is 0 Å². The lowest BCUT2D eigenvalue weighted by Gasteiger charge is -2.19. The molecule has 0 fully saturated rings. The molecule has 0 unspecified atom stereocenters. The molecule has 0 atom stereocenters. The van der Waals surface area contributed by atoms with Crippen LogP contribution in [-0.2, 0) is 4.79 Å². The van der Waals surface area contributed by atoms with E-state index < -0.39 is 0 Å². The molecule has 122 valence electrons. The standard InChI is InChI=1S/C17H18BrClN2O2/c1-21(14-5-3-2-4-6-14)10-9-20-17(22)12-23-16-8-7-13(19)11-15(16)18/h2-8,11H,9-10,12H2,1H3,(H,20,22). The van der Waals surface area contributed by atoms with E-state index >= 15 is 0 Å². The summed E-state index contributed by atoms with van der Waals surface area (Å²) in [6.07, 6.45) is 0. The average molecular weight is 398 g/mol.